The second-order valence-corrected chi connectivity index (χ2v) is 8.16. The Bertz CT molecular complexity index is 1150. The molecule has 2 aliphatic rings. The molecular weight excluding hydrogens is 352 g/mol. The van der Waals surface area contributed by atoms with Crippen LogP contribution in [0.2, 0.25) is 0 Å². The number of para-hydroxylation sites is 1. The van der Waals surface area contributed by atoms with E-state index in [9.17, 15) is 9.59 Å². The number of benzene rings is 1. The van der Waals surface area contributed by atoms with E-state index in [1.807, 2.05) is 34.7 Å². The maximum Gasteiger partial charge on any atom is 0.270 e. The number of nitrogens with one attached hydrogen (secondary N) is 1. The summed E-state index contributed by atoms with van der Waals surface area (Å²) in [6.45, 7) is 3.00. The highest BCUT2D eigenvalue weighted by molar-refractivity contribution is 5.99. The molecule has 5 rings (SSSR count). The molecule has 0 bridgehead atoms. The summed E-state index contributed by atoms with van der Waals surface area (Å²) in [5.74, 6) is 1.41. The Morgan fingerprint density at radius 2 is 2.14 bits per heavy atom. The zero-order valence-electron chi connectivity index (χ0n) is 16.3. The van der Waals surface area contributed by atoms with Crippen LogP contribution in [0.3, 0.4) is 0 Å². The molecule has 2 aromatic heterocycles. The minimum Gasteiger partial charge on any atom is -0.339 e. The summed E-state index contributed by atoms with van der Waals surface area (Å²) in [6.07, 6.45) is 3.81. The largest absolute Gasteiger partial charge is 0.339 e. The van der Waals surface area contributed by atoms with Gasteiger partial charge in [-0.2, -0.15) is 0 Å². The lowest BCUT2D eigenvalue weighted by Gasteiger charge is -2.28. The lowest BCUT2D eigenvalue weighted by Crippen LogP contribution is -2.40. The van der Waals surface area contributed by atoms with E-state index in [2.05, 4.69) is 18.0 Å². The number of amides is 1. The van der Waals surface area contributed by atoms with Gasteiger partial charge in [0, 0.05) is 31.0 Å². The van der Waals surface area contributed by atoms with Crippen molar-refractivity contribution in [1.82, 2.24) is 19.4 Å². The maximum atomic E-state index is 13.3. The molecule has 6 nitrogen and oxygen atoms in total. The second kappa shape index (κ2) is 6.33. The number of aromatic nitrogens is 3. The highest BCUT2D eigenvalue weighted by atomic mass is 16.2. The van der Waals surface area contributed by atoms with Crippen molar-refractivity contribution < 1.29 is 4.79 Å². The lowest BCUT2D eigenvalue weighted by molar-refractivity contribution is 0.0722. The SMILES string of the molecule is Cc1cccc2cc(C(=O)N3CCc4c(nc(CC5CC5)[nH]c4=O)C3)n(C)c12. The smallest absolute Gasteiger partial charge is 0.270 e. The van der Waals surface area contributed by atoms with Gasteiger partial charge in [0.1, 0.15) is 11.5 Å². The number of nitrogens with zero attached hydrogens (tertiary/aromatic N) is 3. The highest BCUT2D eigenvalue weighted by Gasteiger charge is 2.28. The van der Waals surface area contributed by atoms with Gasteiger partial charge in [0.2, 0.25) is 0 Å². The minimum atomic E-state index is -0.0343. The Balaban J connectivity index is 1.46. The molecule has 144 valence electrons. The Morgan fingerprint density at radius 1 is 1.32 bits per heavy atom. The quantitative estimate of drug-likeness (QED) is 0.764. The zero-order chi connectivity index (χ0) is 19.4. The van der Waals surface area contributed by atoms with Crippen molar-refractivity contribution in [3.05, 3.63) is 63.0 Å². The number of aromatic amines is 1. The predicted molar refractivity (Wildman–Crippen MR) is 107 cm³/mol. The molecule has 0 spiro atoms. The standard InChI is InChI=1S/C22H24N4O2/c1-13-4-3-5-15-11-18(25(2)20(13)15)22(28)26-9-8-16-17(12-26)23-19(24-21(16)27)10-14-6-7-14/h3-5,11,14H,6-10,12H2,1-2H3,(H,23,24,27). The molecule has 1 aromatic carbocycles. The molecule has 1 aliphatic heterocycles. The van der Waals surface area contributed by atoms with Gasteiger partial charge >= 0.3 is 0 Å². The number of carbonyl (C=O) groups is 1. The van der Waals surface area contributed by atoms with Crippen LogP contribution < -0.4 is 5.56 Å². The van der Waals surface area contributed by atoms with Crippen LogP contribution in [0.1, 0.15) is 46.0 Å². The number of H-pyrrole nitrogens is 1. The number of carbonyl (C=O) groups excluding carboxylic acids is 1. The molecule has 1 saturated carbocycles. The van der Waals surface area contributed by atoms with Crippen LogP contribution >= 0.6 is 0 Å². The van der Waals surface area contributed by atoms with Gasteiger partial charge < -0.3 is 14.5 Å². The van der Waals surface area contributed by atoms with Crippen LogP contribution in [0.4, 0.5) is 0 Å². The molecule has 3 aromatic rings. The van der Waals surface area contributed by atoms with Gasteiger partial charge in [-0.05, 0) is 43.7 Å². The molecule has 0 radical (unpaired) electrons. The normalized spacial score (nSPS) is 16.4. The van der Waals surface area contributed by atoms with Crippen molar-refractivity contribution in [2.24, 2.45) is 13.0 Å². The van der Waals surface area contributed by atoms with E-state index in [1.54, 1.807) is 0 Å². The number of hydrogen-bond donors (Lipinski definition) is 1. The number of fused-ring (bicyclic) bond motifs is 2. The maximum absolute atomic E-state index is 13.3. The molecule has 28 heavy (non-hydrogen) atoms. The third kappa shape index (κ3) is 2.84. The van der Waals surface area contributed by atoms with Crippen molar-refractivity contribution in [1.29, 1.82) is 0 Å². The monoisotopic (exact) mass is 376 g/mol. The van der Waals surface area contributed by atoms with Gasteiger partial charge in [0.25, 0.3) is 11.5 Å². The van der Waals surface area contributed by atoms with E-state index in [-0.39, 0.29) is 11.5 Å². The van der Waals surface area contributed by atoms with E-state index in [0.29, 0.717) is 31.1 Å². The first-order chi connectivity index (χ1) is 13.5. The summed E-state index contributed by atoms with van der Waals surface area (Å²) >= 11 is 0. The number of rotatable bonds is 3. The van der Waals surface area contributed by atoms with E-state index >= 15 is 0 Å². The summed E-state index contributed by atoms with van der Waals surface area (Å²) in [6, 6.07) is 8.08. The van der Waals surface area contributed by atoms with Crippen LogP contribution in [0.15, 0.2) is 29.1 Å². The summed E-state index contributed by atoms with van der Waals surface area (Å²) in [5, 5.41) is 1.07. The Morgan fingerprint density at radius 3 is 2.89 bits per heavy atom. The van der Waals surface area contributed by atoms with Crippen molar-refractivity contribution in [3.63, 3.8) is 0 Å². The molecule has 1 fully saturated rings. The summed E-state index contributed by atoms with van der Waals surface area (Å²) < 4.78 is 1.98. The fraction of sp³-hybridized carbons (Fsp3) is 0.409. The van der Waals surface area contributed by atoms with Gasteiger partial charge in [0.05, 0.1) is 17.8 Å². The topological polar surface area (TPSA) is 71.0 Å². The third-order valence-corrected chi connectivity index (χ3v) is 6.07. The third-order valence-electron chi connectivity index (χ3n) is 6.07. The highest BCUT2D eigenvalue weighted by Crippen LogP contribution is 2.31. The zero-order valence-corrected chi connectivity index (χ0v) is 16.3. The minimum absolute atomic E-state index is 0.00502. The Hall–Kier alpha value is -2.89. The lowest BCUT2D eigenvalue weighted by atomic mass is 10.1. The van der Waals surface area contributed by atoms with Gasteiger partial charge in [-0.15, -0.1) is 0 Å². The fourth-order valence-electron chi connectivity index (χ4n) is 4.34. The first kappa shape index (κ1) is 17.2. The molecule has 0 unspecified atom stereocenters. The number of hydrogen-bond acceptors (Lipinski definition) is 3. The molecule has 1 amide bonds. The summed E-state index contributed by atoms with van der Waals surface area (Å²) in [7, 11) is 1.94. The van der Waals surface area contributed by atoms with Crippen LogP contribution in [-0.2, 0) is 26.4 Å². The van der Waals surface area contributed by atoms with Gasteiger partial charge in [0.15, 0.2) is 0 Å². The Labute approximate surface area is 163 Å². The molecule has 1 aliphatic carbocycles. The second-order valence-electron chi connectivity index (χ2n) is 8.16. The van der Waals surface area contributed by atoms with E-state index < -0.39 is 0 Å². The van der Waals surface area contributed by atoms with Crippen molar-refractivity contribution in [3.8, 4) is 0 Å². The van der Waals surface area contributed by atoms with Gasteiger partial charge in [-0.1, -0.05) is 18.2 Å². The van der Waals surface area contributed by atoms with Crippen LogP contribution in [0.5, 0.6) is 0 Å². The average Bonchev–Trinajstić information content (AvgIpc) is 3.42. The predicted octanol–water partition coefficient (Wildman–Crippen LogP) is 2.72. The van der Waals surface area contributed by atoms with Gasteiger partial charge in [-0.25, -0.2) is 4.98 Å². The van der Waals surface area contributed by atoms with E-state index in [0.717, 1.165) is 40.0 Å². The Kier molecular flexibility index (Phi) is 3.89. The first-order valence-corrected chi connectivity index (χ1v) is 9.96. The molecular formula is C22H24N4O2. The van der Waals surface area contributed by atoms with E-state index in [1.165, 1.54) is 12.8 Å². The van der Waals surface area contributed by atoms with Crippen LogP contribution in [0, 0.1) is 12.8 Å². The van der Waals surface area contributed by atoms with Crippen molar-refractivity contribution in [2.45, 2.75) is 39.2 Å². The van der Waals surface area contributed by atoms with Crippen molar-refractivity contribution >= 4 is 16.8 Å². The van der Waals surface area contributed by atoms with Crippen molar-refractivity contribution in [2.75, 3.05) is 6.54 Å². The summed E-state index contributed by atoms with van der Waals surface area (Å²) in [4.78, 5) is 35.2. The first-order valence-electron chi connectivity index (χ1n) is 9.96. The fourth-order valence-corrected chi connectivity index (χ4v) is 4.34. The molecule has 0 saturated heterocycles. The molecule has 0 atom stereocenters. The molecule has 3 heterocycles. The molecule has 1 N–H and O–H groups in total. The summed E-state index contributed by atoms with van der Waals surface area (Å²) in [5.41, 5.74) is 4.37. The van der Waals surface area contributed by atoms with Gasteiger partial charge in [-0.3, -0.25) is 9.59 Å². The van der Waals surface area contributed by atoms with Crippen LogP contribution in [0.25, 0.3) is 10.9 Å². The number of aryl methyl sites for hydroxylation is 2. The average molecular weight is 376 g/mol. The molecule has 6 heteroatoms. The van der Waals surface area contributed by atoms with Crippen LogP contribution in [-0.4, -0.2) is 31.9 Å². The van der Waals surface area contributed by atoms with E-state index in [4.69, 9.17) is 4.98 Å².